The summed E-state index contributed by atoms with van der Waals surface area (Å²) in [6.07, 6.45) is -8.46. The van der Waals surface area contributed by atoms with E-state index in [9.17, 15) is 26.3 Å². The van der Waals surface area contributed by atoms with Gasteiger partial charge in [-0.05, 0) is 11.6 Å². The highest BCUT2D eigenvalue weighted by molar-refractivity contribution is 5.90. The van der Waals surface area contributed by atoms with Gasteiger partial charge < -0.3 is 35.3 Å². The Bertz CT molecular complexity index is 1660. The molecule has 0 saturated carbocycles. The van der Waals surface area contributed by atoms with Gasteiger partial charge in [0.05, 0.1) is 32.9 Å². The second-order valence-electron chi connectivity index (χ2n) is 11.1. The maximum absolute atomic E-state index is 10.5. The zero-order chi connectivity index (χ0) is 36.4. The second kappa shape index (κ2) is 17.0. The molecule has 2 aromatic heterocycles. The molecule has 1 fully saturated rings. The zero-order valence-electron chi connectivity index (χ0n) is 26.6. The summed E-state index contributed by atoms with van der Waals surface area (Å²) in [6.45, 7) is 7.04. The average Bonchev–Trinajstić information content (AvgIpc) is 3.07. The van der Waals surface area contributed by atoms with Crippen molar-refractivity contribution in [3.63, 3.8) is 0 Å². The van der Waals surface area contributed by atoms with Crippen LogP contribution < -0.4 is 25.7 Å². The topological polar surface area (TPSA) is 157 Å². The van der Waals surface area contributed by atoms with Crippen molar-refractivity contribution < 1.29 is 56.8 Å². The second-order valence-corrected chi connectivity index (χ2v) is 11.1. The summed E-state index contributed by atoms with van der Waals surface area (Å²) in [6, 6.07) is 21.1. The number of pyridine rings is 1. The summed E-state index contributed by atoms with van der Waals surface area (Å²) in [5, 5.41) is 18.5. The van der Waals surface area contributed by atoms with Gasteiger partial charge in [-0.25, -0.2) is 9.97 Å². The Morgan fingerprint density at radius 2 is 1.39 bits per heavy atom. The average molecular weight is 696 g/mol. The van der Waals surface area contributed by atoms with Gasteiger partial charge in [-0.2, -0.15) is 31.3 Å². The van der Waals surface area contributed by atoms with E-state index in [4.69, 9.17) is 34.8 Å². The monoisotopic (exact) mass is 695 g/mol. The highest BCUT2D eigenvalue weighted by Gasteiger charge is 2.29. The van der Waals surface area contributed by atoms with Gasteiger partial charge in [0.2, 0.25) is 5.95 Å². The van der Waals surface area contributed by atoms with Crippen molar-refractivity contribution >= 4 is 28.9 Å². The number of halogens is 6. The number of likely N-dealkylation sites (N-methyl/N-ethyl adjacent to an activating group) is 1. The summed E-state index contributed by atoms with van der Waals surface area (Å²) in [5.41, 5.74) is 10.2. The van der Waals surface area contributed by atoms with E-state index in [1.54, 1.807) is 0 Å². The van der Waals surface area contributed by atoms with E-state index in [0.717, 1.165) is 78.6 Å². The Kier molecular flexibility index (Phi) is 13.4. The van der Waals surface area contributed by atoms with Crippen LogP contribution in [0.5, 0.6) is 0 Å². The number of piperazine rings is 1. The minimum Gasteiger partial charge on any atom is -0.542 e. The Balaban J connectivity index is 0.000000392. The molecule has 3 heterocycles. The number of alkyl halides is 6. The number of carbonyl (C=O) groups excluding carboxylic acids is 2. The lowest BCUT2D eigenvalue weighted by molar-refractivity contribution is -0.857. The number of carbonyl (C=O) groups is 2. The van der Waals surface area contributed by atoms with Crippen molar-refractivity contribution in [3.8, 4) is 22.4 Å². The van der Waals surface area contributed by atoms with Crippen molar-refractivity contribution in [1.29, 1.82) is 0 Å². The number of nitrogens with one attached hydrogen (secondary N) is 1. The summed E-state index contributed by atoms with van der Waals surface area (Å²) >= 11 is 0. The molecule has 0 aliphatic carbocycles. The molecule has 1 saturated heterocycles. The molecule has 17 heteroatoms. The highest BCUT2D eigenvalue weighted by Crippen LogP contribution is 2.33. The molecule has 11 nitrogen and oxygen atoms in total. The molecule has 0 unspecified atom stereocenters. The fourth-order valence-electron chi connectivity index (χ4n) is 4.55. The van der Waals surface area contributed by atoms with Crippen LogP contribution in [0.3, 0.4) is 0 Å². The lowest BCUT2D eigenvalue weighted by Crippen LogP contribution is -3.06. The third kappa shape index (κ3) is 11.7. The maximum atomic E-state index is 10.5. The van der Waals surface area contributed by atoms with E-state index < -0.39 is 24.3 Å². The fraction of sp³-hybridized carbons (Fsp3) is 0.344. The van der Waals surface area contributed by atoms with Crippen LogP contribution in [0.1, 0.15) is 5.56 Å². The molecule has 1 aliphatic heterocycles. The molecular formula is C32H35F6N7O4. The first-order chi connectivity index (χ1) is 23.0. The number of rotatable bonds is 7. The van der Waals surface area contributed by atoms with Gasteiger partial charge in [-0.1, -0.05) is 54.6 Å². The first kappa shape index (κ1) is 38.6. The zero-order valence-corrected chi connectivity index (χ0v) is 26.6. The highest BCUT2D eigenvalue weighted by atomic mass is 19.4. The normalized spacial score (nSPS) is 13.7. The van der Waals surface area contributed by atoms with E-state index >= 15 is 0 Å². The Morgan fingerprint density at radius 3 is 1.88 bits per heavy atom. The number of hydrogen-bond acceptors (Lipinski definition) is 9. The van der Waals surface area contributed by atoms with Crippen LogP contribution in [-0.2, 0) is 16.1 Å². The Labute approximate surface area is 277 Å². The van der Waals surface area contributed by atoms with Crippen molar-refractivity contribution in [3.05, 3.63) is 72.4 Å². The predicted octanol–water partition coefficient (Wildman–Crippen LogP) is -0.0356. The van der Waals surface area contributed by atoms with E-state index in [1.165, 1.54) is 17.0 Å². The third-order valence-electron chi connectivity index (χ3n) is 7.20. The van der Waals surface area contributed by atoms with Crippen molar-refractivity contribution in [2.45, 2.75) is 18.9 Å². The first-order valence-corrected chi connectivity index (χ1v) is 14.9. The lowest BCUT2D eigenvalue weighted by Gasteiger charge is -2.34. The molecule has 2 aromatic carbocycles. The predicted molar refractivity (Wildman–Crippen MR) is 163 cm³/mol. The number of anilines is 1. The number of carboxylic acid groups (broad SMARTS) is 2. The van der Waals surface area contributed by atoms with Crippen LogP contribution in [0.4, 0.5) is 32.3 Å². The van der Waals surface area contributed by atoms with Gasteiger partial charge in [0.25, 0.3) is 0 Å². The Morgan fingerprint density at radius 1 is 0.837 bits per heavy atom. The first-order valence-electron chi connectivity index (χ1n) is 14.9. The van der Waals surface area contributed by atoms with Gasteiger partial charge >= 0.3 is 12.4 Å². The molecule has 0 radical (unpaired) electrons. The van der Waals surface area contributed by atoms with Crippen molar-refractivity contribution in [2.75, 3.05) is 58.3 Å². The molecule has 0 bridgehead atoms. The number of nitrogens with zero attached hydrogens (tertiary/aromatic N) is 5. The third-order valence-corrected chi connectivity index (χ3v) is 7.20. The number of aliphatic carboxylic acids is 2. The number of benzene rings is 2. The fourth-order valence-corrected chi connectivity index (χ4v) is 4.55. The molecule has 1 aliphatic rings. The van der Waals surface area contributed by atoms with Gasteiger partial charge in [0.15, 0.2) is 5.65 Å². The maximum Gasteiger partial charge on any atom is 0.430 e. The summed E-state index contributed by atoms with van der Waals surface area (Å²) in [4.78, 5) is 38.6. The van der Waals surface area contributed by atoms with Crippen LogP contribution in [0.2, 0.25) is 0 Å². The Hall–Kier alpha value is -4.87. The van der Waals surface area contributed by atoms with Crippen LogP contribution in [0.15, 0.2) is 66.9 Å². The summed E-state index contributed by atoms with van der Waals surface area (Å²) in [5.74, 6) is -5.24. The number of quaternary nitrogens is 2. The number of carboxylic acids is 2. The number of fused-ring (bicyclic) bond motifs is 1. The van der Waals surface area contributed by atoms with E-state index in [2.05, 4.69) is 84.2 Å². The lowest BCUT2D eigenvalue weighted by atomic mass is 9.98. The van der Waals surface area contributed by atoms with Crippen LogP contribution in [0.25, 0.3) is 33.4 Å². The standard InChI is InChI=1S/C28H33N7.2C2HF3O2/c1-33(2)12-13-34-14-16-35(17-15-34)28-30-20-24-18-25(22-6-4-3-5-7-22)26(31-27(24)32-28)23-10-8-21(19-29)9-11-23;2*3-2(4,5)1(6)7/h3-11,18,20H,12-17,19,29H2,1-2H3;2*(H,6,7). The van der Waals surface area contributed by atoms with Crippen LogP contribution >= 0.6 is 0 Å². The summed E-state index contributed by atoms with van der Waals surface area (Å²) in [7, 11) is 4.41. The molecule has 4 aromatic rings. The van der Waals surface area contributed by atoms with Crippen LogP contribution in [-0.4, -0.2) is 97.5 Å². The molecule has 264 valence electrons. The minimum atomic E-state index is -5.19. The molecule has 0 amide bonds. The van der Waals surface area contributed by atoms with Crippen LogP contribution in [0, 0.1) is 0 Å². The smallest absolute Gasteiger partial charge is 0.430 e. The van der Waals surface area contributed by atoms with Gasteiger partial charge in [0.1, 0.15) is 11.9 Å². The van der Waals surface area contributed by atoms with Gasteiger partial charge in [-0.3, -0.25) is 4.90 Å². The van der Waals surface area contributed by atoms with Crippen molar-refractivity contribution in [1.82, 2.24) is 19.9 Å². The van der Waals surface area contributed by atoms with Crippen molar-refractivity contribution in [2.24, 2.45) is 0 Å². The van der Waals surface area contributed by atoms with E-state index in [-0.39, 0.29) is 0 Å². The molecule has 4 N–H and O–H groups in total. The molecule has 0 spiro atoms. The number of hydrogen-bond donors (Lipinski definition) is 2. The van der Waals surface area contributed by atoms with Gasteiger partial charge in [0, 0.05) is 61.0 Å². The SMILES string of the molecule is C[NH+](C)CCN1CCN(c2ncc3cc(-c4ccccc4)c(-c4ccc(C[NH3+])cc4)nc3n2)CC1.O=C([O-])C(F)(F)F.O=C([O-])C(F)(F)F. The molecule has 5 rings (SSSR count). The van der Waals surface area contributed by atoms with E-state index in [1.807, 2.05) is 12.3 Å². The molecule has 49 heavy (non-hydrogen) atoms. The quantitative estimate of drug-likeness (QED) is 0.254. The largest absolute Gasteiger partial charge is 0.542 e. The number of aromatic nitrogens is 3. The van der Waals surface area contributed by atoms with Gasteiger partial charge in [-0.15, -0.1) is 0 Å². The molecule has 0 atom stereocenters. The molecular weight excluding hydrogens is 660 g/mol. The van der Waals surface area contributed by atoms with E-state index in [0.29, 0.717) is 0 Å². The minimum absolute atomic E-state index is 0.740. The summed E-state index contributed by atoms with van der Waals surface area (Å²) < 4.78 is 63.1.